The van der Waals surface area contributed by atoms with Crippen molar-refractivity contribution in [3.8, 4) is 11.5 Å². The van der Waals surface area contributed by atoms with Crippen molar-refractivity contribution in [1.82, 2.24) is 0 Å². The van der Waals surface area contributed by atoms with Gasteiger partial charge in [-0.15, -0.1) is 0 Å². The molecule has 0 unspecified atom stereocenters. The van der Waals surface area contributed by atoms with Gasteiger partial charge in [0.1, 0.15) is 30.8 Å². The zero-order valence-electron chi connectivity index (χ0n) is 19.7. The molecule has 3 aromatic carbocycles. The Kier molecular flexibility index (Phi) is 7.50. The number of esters is 1. The molecule has 6 heteroatoms. The minimum atomic E-state index is -0.936. The van der Waals surface area contributed by atoms with Gasteiger partial charge in [-0.05, 0) is 49.6 Å². The number of carbonyl (C=O) groups is 1. The van der Waals surface area contributed by atoms with E-state index in [1.54, 1.807) is 20.8 Å². The number of benzene rings is 3. The normalized spacial score (nSPS) is 18.9. The summed E-state index contributed by atoms with van der Waals surface area (Å²) in [5, 5.41) is 0. The van der Waals surface area contributed by atoms with Gasteiger partial charge < -0.3 is 23.7 Å². The first-order chi connectivity index (χ1) is 16.4. The fourth-order valence-corrected chi connectivity index (χ4v) is 3.81. The topological polar surface area (TPSA) is 63.2 Å². The molecule has 0 N–H and O–H groups in total. The lowest BCUT2D eigenvalue weighted by atomic mass is 10.0. The fourth-order valence-electron chi connectivity index (χ4n) is 3.81. The van der Waals surface area contributed by atoms with Crippen LogP contribution in [0, 0.1) is 0 Å². The highest BCUT2D eigenvalue weighted by atomic mass is 16.8. The van der Waals surface area contributed by atoms with Crippen molar-refractivity contribution >= 4 is 5.97 Å². The van der Waals surface area contributed by atoms with Crippen LogP contribution in [0.25, 0.3) is 0 Å². The van der Waals surface area contributed by atoms with E-state index < -0.39 is 24.0 Å². The van der Waals surface area contributed by atoms with E-state index in [4.69, 9.17) is 23.7 Å². The highest BCUT2D eigenvalue weighted by molar-refractivity contribution is 5.76. The van der Waals surface area contributed by atoms with E-state index in [0.717, 1.165) is 16.7 Å². The maximum atomic E-state index is 12.6. The number of rotatable bonds is 9. The van der Waals surface area contributed by atoms with E-state index in [2.05, 4.69) is 0 Å². The smallest absolute Gasteiger partial charge is 0.338 e. The van der Waals surface area contributed by atoms with Gasteiger partial charge in [-0.2, -0.15) is 0 Å². The predicted molar refractivity (Wildman–Crippen MR) is 127 cm³/mol. The summed E-state index contributed by atoms with van der Waals surface area (Å²) in [6.07, 6.45) is -1.55. The molecule has 0 bridgehead atoms. The minimum Gasteiger partial charge on any atom is -0.489 e. The first-order valence-electron chi connectivity index (χ1n) is 11.4. The van der Waals surface area contributed by atoms with Crippen LogP contribution in [-0.2, 0) is 32.2 Å². The summed E-state index contributed by atoms with van der Waals surface area (Å²) < 4.78 is 29.4. The number of ether oxygens (including phenoxy) is 5. The Morgan fingerprint density at radius 3 is 1.85 bits per heavy atom. The van der Waals surface area contributed by atoms with Crippen LogP contribution in [-0.4, -0.2) is 24.5 Å². The maximum Gasteiger partial charge on any atom is 0.338 e. The van der Waals surface area contributed by atoms with Crippen LogP contribution >= 0.6 is 0 Å². The Balaban J connectivity index is 1.61. The number of carbonyl (C=O) groups excluding carboxylic acids is 1. The molecular formula is C28H30O6. The monoisotopic (exact) mass is 462 g/mol. The van der Waals surface area contributed by atoms with Gasteiger partial charge in [-0.1, -0.05) is 60.7 Å². The van der Waals surface area contributed by atoms with Gasteiger partial charge in [0.2, 0.25) is 0 Å². The molecule has 2 atom stereocenters. The molecule has 4 rings (SSSR count). The van der Waals surface area contributed by atoms with Crippen molar-refractivity contribution in [1.29, 1.82) is 0 Å². The molecule has 178 valence electrons. The molecular weight excluding hydrogens is 432 g/mol. The second-order valence-electron chi connectivity index (χ2n) is 8.52. The summed E-state index contributed by atoms with van der Waals surface area (Å²) in [6, 6.07) is 25.4. The molecule has 1 aliphatic rings. The molecule has 0 aliphatic carbocycles. The van der Waals surface area contributed by atoms with Crippen LogP contribution in [0.1, 0.15) is 43.6 Å². The molecule has 0 saturated carbocycles. The summed E-state index contributed by atoms with van der Waals surface area (Å²) in [4.78, 5) is 12.6. The summed E-state index contributed by atoms with van der Waals surface area (Å²) in [5.41, 5.74) is 2.81. The summed E-state index contributed by atoms with van der Waals surface area (Å²) in [6.45, 7) is 6.39. The van der Waals surface area contributed by atoms with Gasteiger partial charge in [0, 0.05) is 6.07 Å². The van der Waals surface area contributed by atoms with Crippen LogP contribution in [0.15, 0.2) is 78.9 Å². The molecule has 0 radical (unpaired) electrons. The van der Waals surface area contributed by atoms with Crippen molar-refractivity contribution in [2.75, 3.05) is 6.61 Å². The van der Waals surface area contributed by atoms with Crippen LogP contribution in [0.2, 0.25) is 0 Å². The second-order valence-corrected chi connectivity index (χ2v) is 8.52. The van der Waals surface area contributed by atoms with Crippen molar-refractivity contribution in [3.05, 3.63) is 95.6 Å². The Bertz CT molecular complexity index is 1020. The minimum absolute atomic E-state index is 0.261. The van der Waals surface area contributed by atoms with E-state index in [0.29, 0.717) is 24.7 Å². The lowest BCUT2D eigenvalue weighted by Gasteiger charge is -2.19. The molecule has 3 aromatic rings. The SMILES string of the molecule is CCOC(=O)[C@H]1OC(C)(C)O[C@@H]1c1cc(OCc2ccccc2)cc(OCc2ccccc2)c1. The van der Waals surface area contributed by atoms with E-state index in [9.17, 15) is 4.79 Å². The van der Waals surface area contributed by atoms with Gasteiger partial charge in [0.05, 0.1) is 6.61 Å². The predicted octanol–water partition coefficient (Wildman–Crippen LogP) is 5.60. The highest BCUT2D eigenvalue weighted by Gasteiger charge is 2.47. The Morgan fingerprint density at radius 1 is 0.824 bits per heavy atom. The van der Waals surface area contributed by atoms with Gasteiger partial charge >= 0.3 is 5.97 Å². The highest BCUT2D eigenvalue weighted by Crippen LogP contribution is 2.41. The molecule has 6 nitrogen and oxygen atoms in total. The molecule has 0 spiro atoms. The average molecular weight is 463 g/mol. The van der Waals surface area contributed by atoms with Crippen molar-refractivity contribution < 1.29 is 28.5 Å². The standard InChI is InChI=1S/C28H30O6/c1-4-30-27(29)26-25(33-28(2,3)34-26)22-15-23(31-18-20-11-7-5-8-12-20)17-24(16-22)32-19-21-13-9-6-10-14-21/h5-17,25-26H,4,18-19H2,1-3H3/t25-,26+/m1/s1. The average Bonchev–Trinajstić information content (AvgIpc) is 3.18. The largest absolute Gasteiger partial charge is 0.489 e. The second kappa shape index (κ2) is 10.7. The van der Waals surface area contributed by atoms with Gasteiger partial charge in [-0.3, -0.25) is 0 Å². The molecule has 1 saturated heterocycles. The fraction of sp³-hybridized carbons (Fsp3) is 0.321. The first kappa shape index (κ1) is 23.8. The van der Waals surface area contributed by atoms with Crippen LogP contribution < -0.4 is 9.47 Å². The van der Waals surface area contributed by atoms with Gasteiger partial charge in [0.25, 0.3) is 0 Å². The van der Waals surface area contributed by atoms with E-state index >= 15 is 0 Å². The maximum absolute atomic E-state index is 12.6. The summed E-state index contributed by atoms with van der Waals surface area (Å²) in [7, 11) is 0. The summed E-state index contributed by atoms with van der Waals surface area (Å²) in [5.74, 6) is -0.172. The third-order valence-corrected chi connectivity index (χ3v) is 5.34. The number of hydrogen-bond acceptors (Lipinski definition) is 6. The summed E-state index contributed by atoms with van der Waals surface area (Å²) >= 11 is 0. The van der Waals surface area contributed by atoms with E-state index in [1.165, 1.54) is 0 Å². The van der Waals surface area contributed by atoms with Crippen LogP contribution in [0.5, 0.6) is 11.5 Å². The molecule has 34 heavy (non-hydrogen) atoms. The number of hydrogen-bond donors (Lipinski definition) is 0. The molecule has 0 amide bonds. The Morgan fingerprint density at radius 2 is 1.35 bits per heavy atom. The van der Waals surface area contributed by atoms with Crippen molar-refractivity contribution in [2.45, 2.75) is 52.0 Å². The molecule has 1 fully saturated rings. The van der Waals surface area contributed by atoms with Crippen molar-refractivity contribution in [2.24, 2.45) is 0 Å². The zero-order chi connectivity index (χ0) is 24.0. The van der Waals surface area contributed by atoms with Crippen LogP contribution in [0.4, 0.5) is 0 Å². The quantitative estimate of drug-likeness (QED) is 0.386. The van der Waals surface area contributed by atoms with Gasteiger partial charge in [0.15, 0.2) is 11.9 Å². The molecule has 1 aliphatic heterocycles. The first-order valence-corrected chi connectivity index (χ1v) is 11.4. The van der Waals surface area contributed by atoms with E-state index in [1.807, 2.05) is 78.9 Å². The van der Waals surface area contributed by atoms with Crippen molar-refractivity contribution in [3.63, 3.8) is 0 Å². The lowest BCUT2D eigenvalue weighted by molar-refractivity contribution is -0.170. The Hall–Kier alpha value is -3.35. The zero-order valence-corrected chi connectivity index (χ0v) is 19.7. The molecule has 1 heterocycles. The molecule has 0 aromatic heterocycles. The van der Waals surface area contributed by atoms with E-state index in [-0.39, 0.29) is 6.61 Å². The van der Waals surface area contributed by atoms with Crippen LogP contribution in [0.3, 0.4) is 0 Å². The lowest BCUT2D eigenvalue weighted by Crippen LogP contribution is -2.29. The Labute approximate surface area is 200 Å². The third-order valence-electron chi connectivity index (χ3n) is 5.34. The van der Waals surface area contributed by atoms with Gasteiger partial charge in [-0.25, -0.2) is 4.79 Å². The third kappa shape index (κ3) is 6.16.